The van der Waals surface area contributed by atoms with Gasteiger partial charge in [0.2, 0.25) is 0 Å². The maximum Gasteiger partial charge on any atom is 0.162 e. The van der Waals surface area contributed by atoms with Gasteiger partial charge in [0.25, 0.3) is 0 Å². The van der Waals surface area contributed by atoms with Crippen LogP contribution in [0.15, 0.2) is 24.3 Å². The highest BCUT2D eigenvalue weighted by Gasteiger charge is 2.14. The minimum atomic E-state index is -0.962. The minimum absolute atomic E-state index is 0.207. The highest BCUT2D eigenvalue weighted by molar-refractivity contribution is 5.81. The van der Waals surface area contributed by atoms with Crippen molar-refractivity contribution in [3.05, 3.63) is 35.4 Å². The topological polar surface area (TPSA) is 37.3 Å². The third-order valence-electron chi connectivity index (χ3n) is 2.12. The largest absolute Gasteiger partial charge is 0.381 e. The van der Waals surface area contributed by atoms with Gasteiger partial charge in [0.15, 0.2) is 5.78 Å². The summed E-state index contributed by atoms with van der Waals surface area (Å²) in [6.07, 6.45) is -0.128. The Balaban J connectivity index is 3.05. The van der Waals surface area contributed by atoms with Crippen LogP contribution in [0.5, 0.6) is 0 Å². The predicted molar refractivity (Wildman–Crippen MR) is 51.5 cm³/mol. The molecule has 0 aliphatic rings. The van der Waals surface area contributed by atoms with Crippen LogP contribution in [0.25, 0.3) is 0 Å². The fourth-order valence-corrected chi connectivity index (χ4v) is 1.34. The maximum absolute atomic E-state index is 11.0. The van der Waals surface area contributed by atoms with Crippen LogP contribution in [0.2, 0.25) is 0 Å². The zero-order chi connectivity index (χ0) is 9.84. The quantitative estimate of drug-likeness (QED) is 0.767. The van der Waals surface area contributed by atoms with Crippen molar-refractivity contribution in [1.82, 2.24) is 0 Å². The van der Waals surface area contributed by atoms with Crippen molar-refractivity contribution < 1.29 is 9.90 Å². The number of benzene rings is 1. The Bertz CT molecular complexity index is 305. The van der Waals surface area contributed by atoms with Crippen molar-refractivity contribution in [2.75, 3.05) is 0 Å². The molecule has 0 fully saturated rings. The fourth-order valence-electron chi connectivity index (χ4n) is 1.34. The number of aliphatic hydroxyl groups excluding tert-OH is 1. The molecule has 70 valence electrons. The molecule has 1 aromatic rings. The molecule has 1 N–H and O–H groups in total. The van der Waals surface area contributed by atoms with Gasteiger partial charge in [-0.2, -0.15) is 0 Å². The van der Waals surface area contributed by atoms with Crippen molar-refractivity contribution in [3.63, 3.8) is 0 Å². The van der Waals surface area contributed by atoms with Gasteiger partial charge >= 0.3 is 0 Å². The summed E-state index contributed by atoms with van der Waals surface area (Å²) in [4.78, 5) is 11.0. The second-order valence-corrected chi connectivity index (χ2v) is 3.07. The summed E-state index contributed by atoms with van der Waals surface area (Å²) in [5.74, 6) is -0.207. The Labute approximate surface area is 78.2 Å². The Morgan fingerprint density at radius 1 is 1.46 bits per heavy atom. The van der Waals surface area contributed by atoms with Gasteiger partial charge in [-0.05, 0) is 24.5 Å². The van der Waals surface area contributed by atoms with Crippen LogP contribution < -0.4 is 0 Å². The van der Waals surface area contributed by atoms with Gasteiger partial charge in [-0.25, -0.2) is 0 Å². The second-order valence-electron chi connectivity index (χ2n) is 3.07. The van der Waals surface area contributed by atoms with Crippen LogP contribution >= 0.6 is 0 Å². The lowest BCUT2D eigenvalue weighted by atomic mass is 9.99. The smallest absolute Gasteiger partial charge is 0.162 e. The van der Waals surface area contributed by atoms with E-state index in [1.807, 2.05) is 25.1 Å². The van der Waals surface area contributed by atoms with Crippen molar-refractivity contribution in [3.8, 4) is 0 Å². The molecule has 0 heterocycles. The third-order valence-corrected chi connectivity index (χ3v) is 2.12. The first kappa shape index (κ1) is 9.93. The van der Waals surface area contributed by atoms with Crippen molar-refractivity contribution >= 4 is 5.78 Å². The number of rotatable bonds is 3. The van der Waals surface area contributed by atoms with Gasteiger partial charge in [-0.1, -0.05) is 31.2 Å². The van der Waals surface area contributed by atoms with Crippen molar-refractivity contribution in [1.29, 1.82) is 0 Å². The maximum atomic E-state index is 11.0. The number of Topliss-reactive ketones (excluding diaryl/α,β-unsaturated/α-hetero) is 1. The van der Waals surface area contributed by atoms with E-state index in [1.54, 1.807) is 6.07 Å². The van der Waals surface area contributed by atoms with Gasteiger partial charge in [0.1, 0.15) is 6.10 Å². The summed E-state index contributed by atoms with van der Waals surface area (Å²) < 4.78 is 0. The highest BCUT2D eigenvalue weighted by atomic mass is 16.3. The van der Waals surface area contributed by atoms with Gasteiger partial charge in [0.05, 0.1) is 0 Å². The SMILES string of the molecule is CCc1ccccc1C(O)C(C)=O. The van der Waals surface area contributed by atoms with Crippen LogP contribution in [0.4, 0.5) is 0 Å². The molecule has 0 spiro atoms. The molecule has 2 heteroatoms. The molecular weight excluding hydrogens is 164 g/mol. The molecule has 1 unspecified atom stereocenters. The monoisotopic (exact) mass is 178 g/mol. The van der Waals surface area contributed by atoms with Crippen LogP contribution in [-0.4, -0.2) is 10.9 Å². The van der Waals surface area contributed by atoms with Gasteiger partial charge in [-0.3, -0.25) is 4.79 Å². The first-order chi connectivity index (χ1) is 6.16. The minimum Gasteiger partial charge on any atom is -0.381 e. The highest BCUT2D eigenvalue weighted by Crippen LogP contribution is 2.18. The number of hydrogen-bond donors (Lipinski definition) is 1. The molecule has 0 saturated heterocycles. The number of ketones is 1. The number of carbonyl (C=O) groups excluding carboxylic acids is 1. The van der Waals surface area contributed by atoms with E-state index in [1.165, 1.54) is 6.92 Å². The summed E-state index contributed by atoms with van der Waals surface area (Å²) >= 11 is 0. The molecule has 0 amide bonds. The van der Waals surface area contributed by atoms with Crippen molar-refractivity contribution in [2.24, 2.45) is 0 Å². The van der Waals surface area contributed by atoms with Crippen LogP contribution in [-0.2, 0) is 11.2 Å². The van der Waals surface area contributed by atoms with E-state index >= 15 is 0 Å². The van der Waals surface area contributed by atoms with Crippen LogP contribution in [0.1, 0.15) is 31.1 Å². The Hall–Kier alpha value is -1.15. The number of aliphatic hydroxyl groups is 1. The molecule has 0 aliphatic carbocycles. The standard InChI is InChI=1S/C11H14O2/c1-3-9-6-4-5-7-10(9)11(13)8(2)12/h4-7,11,13H,3H2,1-2H3. The van der Waals surface area contributed by atoms with Crippen LogP contribution in [0.3, 0.4) is 0 Å². The number of hydrogen-bond acceptors (Lipinski definition) is 2. The van der Waals surface area contributed by atoms with Gasteiger partial charge < -0.3 is 5.11 Å². The van der Waals surface area contributed by atoms with E-state index in [0.29, 0.717) is 0 Å². The third kappa shape index (κ3) is 2.16. The zero-order valence-corrected chi connectivity index (χ0v) is 7.95. The summed E-state index contributed by atoms with van der Waals surface area (Å²) in [6.45, 7) is 3.41. The van der Waals surface area contributed by atoms with E-state index in [-0.39, 0.29) is 5.78 Å². The molecular formula is C11H14O2. The second kappa shape index (κ2) is 4.19. The zero-order valence-electron chi connectivity index (χ0n) is 7.95. The number of aryl methyl sites for hydroxylation is 1. The molecule has 1 aromatic carbocycles. The Morgan fingerprint density at radius 3 is 2.62 bits per heavy atom. The molecule has 0 aromatic heterocycles. The molecule has 2 nitrogen and oxygen atoms in total. The van der Waals surface area contributed by atoms with E-state index in [0.717, 1.165) is 17.5 Å². The fraction of sp³-hybridized carbons (Fsp3) is 0.364. The van der Waals surface area contributed by atoms with Gasteiger partial charge in [0, 0.05) is 0 Å². The molecule has 0 saturated carbocycles. The summed E-state index contributed by atoms with van der Waals surface area (Å²) in [5, 5.41) is 9.56. The first-order valence-corrected chi connectivity index (χ1v) is 4.43. The van der Waals surface area contributed by atoms with Gasteiger partial charge in [-0.15, -0.1) is 0 Å². The van der Waals surface area contributed by atoms with E-state index in [4.69, 9.17) is 0 Å². The lowest BCUT2D eigenvalue weighted by molar-refractivity contribution is -0.125. The molecule has 0 bridgehead atoms. The normalized spacial score (nSPS) is 12.5. The Kier molecular flexibility index (Phi) is 3.20. The average Bonchev–Trinajstić information content (AvgIpc) is 2.16. The molecule has 13 heavy (non-hydrogen) atoms. The van der Waals surface area contributed by atoms with Crippen molar-refractivity contribution in [2.45, 2.75) is 26.4 Å². The van der Waals surface area contributed by atoms with E-state index in [9.17, 15) is 9.90 Å². The molecule has 0 aliphatic heterocycles. The van der Waals surface area contributed by atoms with E-state index in [2.05, 4.69) is 0 Å². The van der Waals surface area contributed by atoms with Crippen LogP contribution in [0, 0.1) is 0 Å². The first-order valence-electron chi connectivity index (χ1n) is 4.43. The summed E-state index contributed by atoms with van der Waals surface area (Å²) in [5.41, 5.74) is 1.77. The lowest BCUT2D eigenvalue weighted by Crippen LogP contribution is -2.09. The summed E-state index contributed by atoms with van der Waals surface area (Å²) in [7, 11) is 0. The lowest BCUT2D eigenvalue weighted by Gasteiger charge is -2.11. The molecule has 1 rings (SSSR count). The number of carbonyl (C=O) groups is 1. The predicted octanol–water partition coefficient (Wildman–Crippen LogP) is 1.87. The average molecular weight is 178 g/mol. The Morgan fingerprint density at radius 2 is 2.08 bits per heavy atom. The summed E-state index contributed by atoms with van der Waals surface area (Å²) in [6, 6.07) is 7.47. The molecule has 0 radical (unpaired) electrons. The molecule has 1 atom stereocenters. The van der Waals surface area contributed by atoms with E-state index < -0.39 is 6.10 Å².